The minimum atomic E-state index is -0.201. The summed E-state index contributed by atoms with van der Waals surface area (Å²) in [7, 11) is 1.64. The first-order valence-electron chi connectivity index (χ1n) is 6.80. The van der Waals surface area contributed by atoms with Crippen LogP contribution in [0.1, 0.15) is 22.8 Å². The van der Waals surface area contributed by atoms with Crippen molar-refractivity contribution in [1.82, 2.24) is 5.43 Å². The molecule has 5 heteroatoms. The highest BCUT2D eigenvalue weighted by Crippen LogP contribution is 2.12. The molecule has 22 heavy (non-hydrogen) atoms. The molecule has 0 heterocycles. The Kier molecular flexibility index (Phi) is 5.94. The van der Waals surface area contributed by atoms with Gasteiger partial charge in [0, 0.05) is 21.3 Å². The van der Waals surface area contributed by atoms with Crippen molar-refractivity contribution in [3.8, 4) is 5.75 Å². The smallest absolute Gasteiger partial charge is 0.271 e. The maximum atomic E-state index is 12.0. The topological polar surface area (TPSA) is 50.7 Å². The molecular weight excluding hydrogens is 391 g/mol. The third kappa shape index (κ3) is 4.84. The van der Waals surface area contributed by atoms with Gasteiger partial charge in [-0.25, -0.2) is 5.43 Å². The molecule has 1 N–H and O–H groups in total. The number of methoxy groups -OCH3 is 1. The van der Waals surface area contributed by atoms with Crippen LogP contribution in [-0.2, 0) is 6.42 Å². The first-order chi connectivity index (χ1) is 10.6. The first-order valence-corrected chi connectivity index (χ1v) is 7.88. The highest BCUT2D eigenvalue weighted by atomic mass is 127. The molecule has 2 aromatic carbocycles. The highest BCUT2D eigenvalue weighted by molar-refractivity contribution is 14.1. The molecule has 0 aliphatic carbocycles. The van der Waals surface area contributed by atoms with E-state index in [4.69, 9.17) is 4.74 Å². The van der Waals surface area contributed by atoms with Crippen LogP contribution in [0.2, 0.25) is 0 Å². The zero-order valence-electron chi connectivity index (χ0n) is 12.5. The molecule has 0 saturated carbocycles. The molecule has 114 valence electrons. The summed E-state index contributed by atoms with van der Waals surface area (Å²) in [5, 5.41) is 4.15. The SMILES string of the molecule is COc1ccc(C/C(C)=N\NC(=O)c2cccc(I)c2)cc1. The largest absolute Gasteiger partial charge is 0.497 e. The van der Waals surface area contributed by atoms with Crippen molar-refractivity contribution in [2.45, 2.75) is 13.3 Å². The Morgan fingerprint density at radius 1 is 1.23 bits per heavy atom. The summed E-state index contributed by atoms with van der Waals surface area (Å²) in [5.74, 6) is 0.623. The first kappa shape index (κ1) is 16.5. The summed E-state index contributed by atoms with van der Waals surface area (Å²) < 4.78 is 6.14. The van der Waals surface area contributed by atoms with Crippen molar-refractivity contribution in [3.05, 3.63) is 63.2 Å². The summed E-state index contributed by atoms with van der Waals surface area (Å²) in [4.78, 5) is 12.0. The van der Waals surface area contributed by atoms with E-state index in [1.807, 2.05) is 49.4 Å². The fourth-order valence-corrected chi connectivity index (χ4v) is 2.46. The quantitative estimate of drug-likeness (QED) is 0.467. The van der Waals surface area contributed by atoms with Gasteiger partial charge in [0.2, 0.25) is 0 Å². The second kappa shape index (κ2) is 7.93. The van der Waals surface area contributed by atoms with Crippen LogP contribution in [-0.4, -0.2) is 18.7 Å². The van der Waals surface area contributed by atoms with Crippen molar-refractivity contribution >= 4 is 34.2 Å². The summed E-state index contributed by atoms with van der Waals surface area (Å²) in [6.45, 7) is 1.89. The molecular formula is C17H17IN2O2. The fourth-order valence-electron chi connectivity index (χ4n) is 1.92. The molecule has 1 amide bonds. The van der Waals surface area contributed by atoms with Crippen molar-refractivity contribution in [2.24, 2.45) is 5.10 Å². The Bertz CT molecular complexity index is 681. The van der Waals surface area contributed by atoms with Crippen LogP contribution < -0.4 is 10.2 Å². The van der Waals surface area contributed by atoms with Crippen LogP contribution in [0.25, 0.3) is 0 Å². The lowest BCUT2D eigenvalue weighted by Crippen LogP contribution is -2.19. The molecule has 0 atom stereocenters. The number of hydrogen-bond acceptors (Lipinski definition) is 3. The van der Waals surface area contributed by atoms with Gasteiger partial charge in [0.25, 0.3) is 5.91 Å². The molecule has 2 rings (SSSR count). The van der Waals surface area contributed by atoms with Crippen molar-refractivity contribution in [3.63, 3.8) is 0 Å². The number of carbonyl (C=O) groups excluding carboxylic acids is 1. The number of nitrogens with zero attached hydrogens (tertiary/aromatic N) is 1. The van der Waals surface area contributed by atoms with Crippen molar-refractivity contribution in [1.29, 1.82) is 0 Å². The maximum absolute atomic E-state index is 12.0. The molecule has 0 saturated heterocycles. The number of amides is 1. The molecule has 0 spiro atoms. The second-order valence-corrected chi connectivity index (χ2v) is 6.07. The second-order valence-electron chi connectivity index (χ2n) is 4.82. The van der Waals surface area contributed by atoms with E-state index in [2.05, 4.69) is 33.1 Å². The number of hydrogen-bond donors (Lipinski definition) is 1. The average Bonchev–Trinajstić information content (AvgIpc) is 2.53. The van der Waals surface area contributed by atoms with Crippen LogP contribution in [0.4, 0.5) is 0 Å². The van der Waals surface area contributed by atoms with E-state index in [-0.39, 0.29) is 5.91 Å². The summed E-state index contributed by atoms with van der Waals surface area (Å²) >= 11 is 2.18. The van der Waals surface area contributed by atoms with Crippen LogP contribution in [0.5, 0.6) is 5.75 Å². The number of benzene rings is 2. The van der Waals surface area contributed by atoms with E-state index < -0.39 is 0 Å². The Morgan fingerprint density at radius 3 is 2.59 bits per heavy atom. The van der Waals surface area contributed by atoms with E-state index in [1.165, 1.54) is 0 Å². The van der Waals surface area contributed by atoms with Gasteiger partial charge in [0.1, 0.15) is 5.75 Å². The van der Waals surface area contributed by atoms with E-state index in [1.54, 1.807) is 13.2 Å². The van der Waals surface area contributed by atoms with Gasteiger partial charge < -0.3 is 4.74 Å². The molecule has 0 radical (unpaired) electrons. The summed E-state index contributed by atoms with van der Waals surface area (Å²) in [6.07, 6.45) is 0.677. The fraction of sp³-hybridized carbons (Fsp3) is 0.176. The minimum absolute atomic E-state index is 0.201. The van der Waals surface area contributed by atoms with Crippen LogP contribution >= 0.6 is 22.6 Å². The predicted octanol–water partition coefficient (Wildman–Crippen LogP) is 3.65. The lowest BCUT2D eigenvalue weighted by atomic mass is 10.1. The molecule has 0 bridgehead atoms. The molecule has 4 nitrogen and oxygen atoms in total. The molecule has 0 fully saturated rings. The lowest BCUT2D eigenvalue weighted by molar-refractivity contribution is 0.0954. The van der Waals surface area contributed by atoms with Gasteiger partial charge >= 0.3 is 0 Å². The van der Waals surface area contributed by atoms with Gasteiger partial charge in [0.15, 0.2) is 0 Å². The Morgan fingerprint density at radius 2 is 1.95 bits per heavy atom. The zero-order chi connectivity index (χ0) is 15.9. The third-order valence-corrected chi connectivity index (χ3v) is 3.73. The van der Waals surface area contributed by atoms with Gasteiger partial charge in [-0.05, 0) is 65.4 Å². The molecule has 0 aliphatic rings. The van der Waals surface area contributed by atoms with E-state index in [0.29, 0.717) is 12.0 Å². The van der Waals surface area contributed by atoms with Gasteiger partial charge in [0.05, 0.1) is 7.11 Å². The average molecular weight is 408 g/mol. The van der Waals surface area contributed by atoms with E-state index >= 15 is 0 Å². The number of hydrazone groups is 1. The van der Waals surface area contributed by atoms with E-state index in [9.17, 15) is 4.79 Å². The molecule has 0 unspecified atom stereocenters. The Labute approximate surface area is 143 Å². The zero-order valence-corrected chi connectivity index (χ0v) is 14.6. The standard InChI is InChI=1S/C17H17IN2O2/c1-12(10-13-6-8-16(22-2)9-7-13)19-20-17(21)14-4-3-5-15(18)11-14/h3-9,11H,10H2,1-2H3,(H,20,21)/b19-12-. The number of nitrogens with one attached hydrogen (secondary N) is 1. The van der Waals surface area contributed by atoms with Crippen LogP contribution in [0.15, 0.2) is 53.6 Å². The summed E-state index contributed by atoms with van der Waals surface area (Å²) in [6, 6.07) is 15.2. The summed E-state index contributed by atoms with van der Waals surface area (Å²) in [5.41, 5.74) is 5.15. The van der Waals surface area contributed by atoms with Gasteiger partial charge in [-0.1, -0.05) is 18.2 Å². The van der Waals surface area contributed by atoms with Gasteiger partial charge in [-0.15, -0.1) is 0 Å². The normalized spacial score (nSPS) is 11.1. The molecule has 0 aromatic heterocycles. The molecule has 0 aliphatic heterocycles. The van der Waals surface area contributed by atoms with Crippen LogP contribution in [0.3, 0.4) is 0 Å². The van der Waals surface area contributed by atoms with Crippen LogP contribution in [0, 0.1) is 3.57 Å². The van der Waals surface area contributed by atoms with E-state index in [0.717, 1.165) is 20.6 Å². The number of carbonyl (C=O) groups is 1. The minimum Gasteiger partial charge on any atom is -0.497 e. The number of ether oxygens (including phenoxy) is 1. The maximum Gasteiger partial charge on any atom is 0.271 e. The van der Waals surface area contributed by atoms with Crippen molar-refractivity contribution < 1.29 is 9.53 Å². The van der Waals surface area contributed by atoms with Gasteiger partial charge in [-0.3, -0.25) is 4.79 Å². The monoisotopic (exact) mass is 408 g/mol. The predicted molar refractivity (Wildman–Crippen MR) is 96.4 cm³/mol. The Hall–Kier alpha value is -1.89. The van der Waals surface area contributed by atoms with Crippen molar-refractivity contribution in [2.75, 3.05) is 7.11 Å². The van der Waals surface area contributed by atoms with Gasteiger partial charge in [-0.2, -0.15) is 5.10 Å². The number of halogens is 1. The third-order valence-electron chi connectivity index (χ3n) is 3.05. The Balaban J connectivity index is 1.95. The molecule has 2 aromatic rings. The lowest BCUT2D eigenvalue weighted by Gasteiger charge is -2.05. The number of rotatable bonds is 5. The highest BCUT2D eigenvalue weighted by Gasteiger charge is 2.05.